The molecule has 0 saturated carbocycles. The average molecular weight is 339 g/mol. The summed E-state index contributed by atoms with van der Waals surface area (Å²) in [5.74, 6) is 0.905. The number of aryl methyl sites for hydroxylation is 1. The molecule has 1 aliphatic rings. The number of ether oxygens (including phenoxy) is 2. The summed E-state index contributed by atoms with van der Waals surface area (Å²) < 4.78 is 11.2. The highest BCUT2D eigenvalue weighted by Gasteiger charge is 2.24. The molecule has 1 aliphatic heterocycles. The van der Waals surface area contributed by atoms with Crippen LogP contribution in [-0.4, -0.2) is 43.7 Å². The van der Waals surface area contributed by atoms with E-state index in [9.17, 15) is 4.79 Å². The first-order valence-corrected chi connectivity index (χ1v) is 8.81. The molecular formula is C21H25NO3. The topological polar surface area (TPSA) is 38.8 Å². The maximum absolute atomic E-state index is 12.7. The number of hydrogen-bond acceptors (Lipinski definition) is 3. The van der Waals surface area contributed by atoms with Gasteiger partial charge < -0.3 is 14.4 Å². The summed E-state index contributed by atoms with van der Waals surface area (Å²) in [5.41, 5.74) is 2.24. The third-order valence-corrected chi connectivity index (χ3v) is 4.62. The first kappa shape index (κ1) is 17.5. The Labute approximate surface area is 149 Å². The highest BCUT2D eigenvalue weighted by atomic mass is 16.5. The minimum Gasteiger partial charge on any atom is -0.496 e. The van der Waals surface area contributed by atoms with Gasteiger partial charge in [-0.05, 0) is 24.5 Å². The van der Waals surface area contributed by atoms with Gasteiger partial charge in [0.25, 0.3) is 0 Å². The molecule has 0 aromatic heterocycles. The number of para-hydroxylation sites is 1. The third kappa shape index (κ3) is 4.83. The molecule has 2 aromatic rings. The predicted octanol–water partition coefficient (Wildman–Crippen LogP) is 3.10. The number of nitrogens with zero attached hydrogens (tertiary/aromatic N) is 1. The highest BCUT2D eigenvalue weighted by Crippen LogP contribution is 2.20. The van der Waals surface area contributed by atoms with Gasteiger partial charge in [0.1, 0.15) is 5.75 Å². The maximum Gasteiger partial charge on any atom is 0.227 e. The van der Waals surface area contributed by atoms with E-state index in [2.05, 4.69) is 24.3 Å². The lowest BCUT2D eigenvalue weighted by Gasteiger charge is -2.33. The van der Waals surface area contributed by atoms with Crippen LogP contribution in [0.3, 0.4) is 0 Å². The molecule has 1 saturated heterocycles. The van der Waals surface area contributed by atoms with Crippen molar-refractivity contribution in [3.05, 3.63) is 65.7 Å². The van der Waals surface area contributed by atoms with Crippen LogP contribution < -0.4 is 4.74 Å². The van der Waals surface area contributed by atoms with Crippen molar-refractivity contribution in [2.24, 2.45) is 0 Å². The number of benzene rings is 2. The fourth-order valence-corrected chi connectivity index (χ4v) is 3.22. The van der Waals surface area contributed by atoms with Crippen molar-refractivity contribution in [3.8, 4) is 5.75 Å². The normalized spacial score (nSPS) is 17.3. The predicted molar refractivity (Wildman–Crippen MR) is 97.8 cm³/mol. The standard InChI is InChI=1S/C21H25NO3/c1-24-20-10-6-5-9-18(20)15-21(23)22-13-14-25-19(16-22)12-11-17-7-3-2-4-8-17/h2-10,19H,11-16H2,1H3. The fraction of sp³-hybridized carbons (Fsp3) is 0.381. The SMILES string of the molecule is COc1ccccc1CC(=O)N1CCOC(CCc2ccccc2)C1. The van der Waals surface area contributed by atoms with Crippen LogP contribution in [0.5, 0.6) is 5.75 Å². The Hall–Kier alpha value is -2.33. The molecule has 0 radical (unpaired) electrons. The zero-order valence-corrected chi connectivity index (χ0v) is 14.7. The summed E-state index contributed by atoms with van der Waals surface area (Å²) in [6.45, 7) is 1.94. The van der Waals surface area contributed by atoms with E-state index in [-0.39, 0.29) is 12.0 Å². The second-order valence-electron chi connectivity index (χ2n) is 6.35. The second kappa shape index (κ2) is 8.67. The molecule has 0 bridgehead atoms. The zero-order chi connectivity index (χ0) is 17.5. The quantitative estimate of drug-likeness (QED) is 0.812. The molecular weight excluding hydrogens is 314 g/mol. The Morgan fingerprint density at radius 3 is 2.72 bits per heavy atom. The summed E-state index contributed by atoms with van der Waals surface area (Å²) >= 11 is 0. The van der Waals surface area contributed by atoms with Crippen LogP contribution in [0.2, 0.25) is 0 Å². The smallest absolute Gasteiger partial charge is 0.227 e. The van der Waals surface area contributed by atoms with Gasteiger partial charge in [0.05, 0.1) is 26.2 Å². The minimum absolute atomic E-state index is 0.107. The molecule has 2 aromatic carbocycles. The Kier molecular flexibility index (Phi) is 6.07. The van der Waals surface area contributed by atoms with Gasteiger partial charge in [-0.15, -0.1) is 0 Å². The first-order valence-electron chi connectivity index (χ1n) is 8.81. The van der Waals surface area contributed by atoms with E-state index in [1.54, 1.807) is 7.11 Å². The molecule has 1 atom stereocenters. The van der Waals surface area contributed by atoms with Crippen molar-refractivity contribution in [3.63, 3.8) is 0 Å². The number of amides is 1. The molecule has 1 heterocycles. The van der Waals surface area contributed by atoms with E-state index in [1.165, 1.54) is 5.56 Å². The van der Waals surface area contributed by atoms with Gasteiger partial charge in [-0.3, -0.25) is 4.79 Å². The van der Waals surface area contributed by atoms with Gasteiger partial charge in [-0.1, -0.05) is 48.5 Å². The van der Waals surface area contributed by atoms with Gasteiger partial charge in [0, 0.05) is 18.7 Å². The van der Waals surface area contributed by atoms with Gasteiger partial charge in [-0.25, -0.2) is 0 Å². The molecule has 0 aliphatic carbocycles. The van der Waals surface area contributed by atoms with Crippen molar-refractivity contribution in [1.82, 2.24) is 4.90 Å². The van der Waals surface area contributed by atoms with Crippen LogP contribution in [0.4, 0.5) is 0 Å². The van der Waals surface area contributed by atoms with Crippen LogP contribution in [-0.2, 0) is 22.4 Å². The van der Waals surface area contributed by atoms with Crippen LogP contribution in [0, 0.1) is 0 Å². The van der Waals surface area contributed by atoms with Crippen molar-refractivity contribution in [2.45, 2.75) is 25.4 Å². The number of morpholine rings is 1. The Morgan fingerprint density at radius 1 is 1.16 bits per heavy atom. The van der Waals surface area contributed by atoms with Gasteiger partial charge in [0.15, 0.2) is 0 Å². The van der Waals surface area contributed by atoms with Crippen molar-refractivity contribution in [1.29, 1.82) is 0 Å². The van der Waals surface area contributed by atoms with Crippen LogP contribution in [0.1, 0.15) is 17.5 Å². The summed E-state index contributed by atoms with van der Waals surface area (Å²) in [7, 11) is 1.64. The van der Waals surface area contributed by atoms with Crippen LogP contribution in [0.15, 0.2) is 54.6 Å². The molecule has 4 heteroatoms. The highest BCUT2D eigenvalue weighted by molar-refractivity contribution is 5.79. The van der Waals surface area contributed by atoms with E-state index in [1.807, 2.05) is 35.2 Å². The van der Waals surface area contributed by atoms with Crippen molar-refractivity contribution < 1.29 is 14.3 Å². The summed E-state index contributed by atoms with van der Waals surface area (Å²) in [4.78, 5) is 14.6. The molecule has 0 spiro atoms. The molecule has 0 N–H and O–H groups in total. The van der Waals surface area contributed by atoms with Gasteiger partial charge in [-0.2, -0.15) is 0 Å². The summed E-state index contributed by atoms with van der Waals surface area (Å²) in [6, 6.07) is 18.1. The molecule has 25 heavy (non-hydrogen) atoms. The van der Waals surface area contributed by atoms with Crippen LogP contribution >= 0.6 is 0 Å². The second-order valence-corrected chi connectivity index (χ2v) is 6.35. The third-order valence-electron chi connectivity index (χ3n) is 4.62. The number of carbonyl (C=O) groups is 1. The van der Waals surface area contributed by atoms with Gasteiger partial charge >= 0.3 is 0 Å². The molecule has 1 amide bonds. The monoisotopic (exact) mass is 339 g/mol. The van der Waals surface area contributed by atoms with Gasteiger partial charge in [0.2, 0.25) is 5.91 Å². The molecule has 132 valence electrons. The van der Waals surface area contributed by atoms with Crippen molar-refractivity contribution in [2.75, 3.05) is 26.8 Å². The van der Waals surface area contributed by atoms with E-state index in [4.69, 9.17) is 9.47 Å². The lowest BCUT2D eigenvalue weighted by atomic mass is 10.0. The Balaban J connectivity index is 1.54. The van der Waals surface area contributed by atoms with Crippen LogP contribution in [0.25, 0.3) is 0 Å². The van der Waals surface area contributed by atoms with E-state index >= 15 is 0 Å². The summed E-state index contributed by atoms with van der Waals surface area (Å²) in [6.07, 6.45) is 2.38. The van der Waals surface area contributed by atoms with E-state index in [0.717, 1.165) is 24.2 Å². The largest absolute Gasteiger partial charge is 0.496 e. The lowest BCUT2D eigenvalue weighted by Crippen LogP contribution is -2.46. The zero-order valence-electron chi connectivity index (χ0n) is 14.7. The maximum atomic E-state index is 12.7. The number of methoxy groups -OCH3 is 1. The number of rotatable bonds is 6. The number of carbonyl (C=O) groups excluding carboxylic acids is 1. The molecule has 3 rings (SSSR count). The fourth-order valence-electron chi connectivity index (χ4n) is 3.22. The first-order chi connectivity index (χ1) is 12.3. The van der Waals surface area contributed by atoms with E-state index in [0.29, 0.717) is 26.1 Å². The Morgan fingerprint density at radius 2 is 1.92 bits per heavy atom. The van der Waals surface area contributed by atoms with Crippen molar-refractivity contribution >= 4 is 5.91 Å². The molecule has 1 unspecified atom stereocenters. The minimum atomic E-state index is 0.107. The number of hydrogen-bond donors (Lipinski definition) is 0. The summed E-state index contributed by atoms with van der Waals surface area (Å²) in [5, 5.41) is 0. The molecule has 4 nitrogen and oxygen atoms in total. The Bertz CT molecular complexity index is 687. The molecule has 1 fully saturated rings. The average Bonchev–Trinajstić information content (AvgIpc) is 2.68. The lowest BCUT2D eigenvalue weighted by molar-refractivity contribution is -0.138. The van der Waals surface area contributed by atoms with E-state index < -0.39 is 0 Å².